The van der Waals surface area contributed by atoms with Crippen LogP contribution in [0.3, 0.4) is 0 Å². The zero-order valence-electron chi connectivity index (χ0n) is 13.5. The minimum atomic E-state index is -0.356. The molecule has 1 atom stereocenters. The maximum Gasteiger partial charge on any atom is 0.255 e. The maximum absolute atomic E-state index is 12.3. The standard InChI is InChI=1S/C19H20N2O3/c1-13-5-2-3-6-16(13)18(22)20-14-8-10-15(11-9-14)21-19(23)17-7-4-12-24-17/h2-3,5-6,8-11,17H,4,7,12H2,1H3,(H,20,22)(H,21,23)/t17-/m0/s1. The minimum absolute atomic E-state index is 0.121. The summed E-state index contributed by atoms with van der Waals surface area (Å²) in [6.45, 7) is 2.54. The highest BCUT2D eigenvalue weighted by Crippen LogP contribution is 2.18. The number of carbonyl (C=O) groups excluding carboxylic acids is 2. The summed E-state index contributed by atoms with van der Waals surface area (Å²) in [5.41, 5.74) is 2.94. The number of ether oxygens (including phenoxy) is 1. The van der Waals surface area contributed by atoms with E-state index >= 15 is 0 Å². The lowest BCUT2D eigenvalue weighted by Gasteiger charge is -2.11. The molecule has 0 unspecified atom stereocenters. The molecule has 2 aromatic rings. The van der Waals surface area contributed by atoms with Crippen LogP contribution in [0.25, 0.3) is 0 Å². The van der Waals surface area contributed by atoms with E-state index in [0.29, 0.717) is 23.5 Å². The van der Waals surface area contributed by atoms with Gasteiger partial charge in [-0.3, -0.25) is 9.59 Å². The number of benzene rings is 2. The highest BCUT2D eigenvalue weighted by molar-refractivity contribution is 6.05. The SMILES string of the molecule is Cc1ccccc1C(=O)Nc1ccc(NC(=O)[C@@H]2CCCO2)cc1. The Morgan fingerprint density at radius 3 is 2.29 bits per heavy atom. The van der Waals surface area contributed by atoms with Crippen LogP contribution >= 0.6 is 0 Å². The highest BCUT2D eigenvalue weighted by Gasteiger charge is 2.23. The van der Waals surface area contributed by atoms with E-state index < -0.39 is 0 Å². The van der Waals surface area contributed by atoms with Crippen LogP contribution in [-0.4, -0.2) is 24.5 Å². The summed E-state index contributed by atoms with van der Waals surface area (Å²) in [7, 11) is 0. The number of hydrogen-bond donors (Lipinski definition) is 2. The molecular formula is C19H20N2O3. The summed E-state index contributed by atoms with van der Waals surface area (Å²) in [6.07, 6.45) is 1.32. The summed E-state index contributed by atoms with van der Waals surface area (Å²) < 4.78 is 5.35. The van der Waals surface area contributed by atoms with Crippen LogP contribution < -0.4 is 10.6 Å². The van der Waals surface area contributed by atoms with Crippen LogP contribution in [0.5, 0.6) is 0 Å². The molecule has 0 bridgehead atoms. The van der Waals surface area contributed by atoms with Crippen molar-refractivity contribution in [3.8, 4) is 0 Å². The normalized spacial score (nSPS) is 16.6. The fraction of sp³-hybridized carbons (Fsp3) is 0.263. The first-order valence-electron chi connectivity index (χ1n) is 8.03. The van der Waals surface area contributed by atoms with Gasteiger partial charge in [-0.1, -0.05) is 18.2 Å². The molecule has 5 heteroatoms. The van der Waals surface area contributed by atoms with Gasteiger partial charge < -0.3 is 15.4 Å². The molecule has 1 aliphatic heterocycles. The molecule has 0 aromatic heterocycles. The molecule has 124 valence electrons. The predicted octanol–water partition coefficient (Wildman–Crippen LogP) is 3.36. The molecule has 0 aliphatic carbocycles. The van der Waals surface area contributed by atoms with Crippen LogP contribution in [0.2, 0.25) is 0 Å². The second-order valence-corrected chi connectivity index (χ2v) is 5.84. The summed E-state index contributed by atoms with van der Waals surface area (Å²) in [6, 6.07) is 14.5. The molecule has 1 heterocycles. The van der Waals surface area contributed by atoms with Gasteiger partial charge in [0.25, 0.3) is 11.8 Å². The molecule has 3 rings (SSSR count). The molecule has 2 aromatic carbocycles. The third kappa shape index (κ3) is 3.81. The number of aryl methyl sites for hydroxylation is 1. The molecule has 0 radical (unpaired) electrons. The van der Waals surface area contributed by atoms with Gasteiger partial charge in [-0.2, -0.15) is 0 Å². The lowest BCUT2D eigenvalue weighted by molar-refractivity contribution is -0.124. The average molecular weight is 324 g/mol. The second-order valence-electron chi connectivity index (χ2n) is 5.84. The minimum Gasteiger partial charge on any atom is -0.368 e. The number of amides is 2. The quantitative estimate of drug-likeness (QED) is 0.906. The lowest BCUT2D eigenvalue weighted by atomic mass is 10.1. The largest absolute Gasteiger partial charge is 0.368 e. The molecule has 0 spiro atoms. The molecule has 0 saturated carbocycles. The molecule has 1 aliphatic rings. The first-order valence-corrected chi connectivity index (χ1v) is 8.03. The lowest BCUT2D eigenvalue weighted by Crippen LogP contribution is -2.26. The Bertz CT molecular complexity index is 735. The van der Waals surface area contributed by atoms with Gasteiger partial charge in [0.05, 0.1) is 0 Å². The Morgan fingerprint density at radius 1 is 1.00 bits per heavy atom. The first-order chi connectivity index (χ1) is 11.6. The smallest absolute Gasteiger partial charge is 0.255 e. The number of hydrogen-bond acceptors (Lipinski definition) is 3. The molecule has 5 nitrogen and oxygen atoms in total. The highest BCUT2D eigenvalue weighted by atomic mass is 16.5. The monoisotopic (exact) mass is 324 g/mol. The number of rotatable bonds is 4. The van der Waals surface area contributed by atoms with Gasteiger partial charge in [0.2, 0.25) is 0 Å². The van der Waals surface area contributed by atoms with E-state index in [9.17, 15) is 9.59 Å². The summed E-state index contributed by atoms with van der Waals surface area (Å²) in [5.74, 6) is -0.270. The van der Waals surface area contributed by atoms with Gasteiger partial charge in [-0.05, 0) is 55.7 Å². The molecule has 1 fully saturated rings. The van der Waals surface area contributed by atoms with Crippen molar-refractivity contribution in [2.24, 2.45) is 0 Å². The van der Waals surface area contributed by atoms with Crippen molar-refractivity contribution in [2.75, 3.05) is 17.2 Å². The summed E-state index contributed by atoms with van der Waals surface area (Å²) >= 11 is 0. The number of carbonyl (C=O) groups is 2. The van der Waals surface area contributed by atoms with Crippen molar-refractivity contribution in [2.45, 2.75) is 25.9 Å². The Balaban J connectivity index is 1.61. The van der Waals surface area contributed by atoms with Crippen LogP contribution in [0, 0.1) is 6.92 Å². The molecule has 2 N–H and O–H groups in total. The molecule has 1 saturated heterocycles. The van der Waals surface area contributed by atoms with E-state index in [0.717, 1.165) is 18.4 Å². The van der Waals surface area contributed by atoms with E-state index in [1.165, 1.54) is 0 Å². The third-order valence-corrected chi connectivity index (χ3v) is 4.02. The molecule has 2 amide bonds. The fourth-order valence-electron chi connectivity index (χ4n) is 2.67. The number of anilines is 2. The van der Waals surface area contributed by atoms with Gasteiger partial charge >= 0.3 is 0 Å². The van der Waals surface area contributed by atoms with Crippen molar-refractivity contribution in [1.29, 1.82) is 0 Å². The van der Waals surface area contributed by atoms with E-state index in [1.54, 1.807) is 30.3 Å². The second kappa shape index (κ2) is 7.27. The molecular weight excluding hydrogens is 304 g/mol. The van der Waals surface area contributed by atoms with Gasteiger partial charge in [-0.25, -0.2) is 0 Å². The zero-order chi connectivity index (χ0) is 16.9. The van der Waals surface area contributed by atoms with Crippen molar-refractivity contribution < 1.29 is 14.3 Å². The maximum atomic E-state index is 12.3. The van der Waals surface area contributed by atoms with Crippen LogP contribution in [-0.2, 0) is 9.53 Å². The summed E-state index contributed by atoms with van der Waals surface area (Å²) in [5, 5.41) is 5.69. The Labute approximate surface area is 141 Å². The van der Waals surface area contributed by atoms with Crippen LogP contribution in [0.15, 0.2) is 48.5 Å². The van der Waals surface area contributed by atoms with Crippen molar-refractivity contribution >= 4 is 23.2 Å². The third-order valence-electron chi connectivity index (χ3n) is 4.02. The summed E-state index contributed by atoms with van der Waals surface area (Å²) in [4.78, 5) is 24.3. The predicted molar refractivity (Wildman–Crippen MR) is 93.2 cm³/mol. The first kappa shape index (κ1) is 16.2. The van der Waals surface area contributed by atoms with E-state index in [4.69, 9.17) is 4.74 Å². The van der Waals surface area contributed by atoms with Gasteiger partial charge in [-0.15, -0.1) is 0 Å². The zero-order valence-corrected chi connectivity index (χ0v) is 13.5. The van der Waals surface area contributed by atoms with Crippen LogP contribution in [0.4, 0.5) is 11.4 Å². The van der Waals surface area contributed by atoms with E-state index in [-0.39, 0.29) is 17.9 Å². The fourth-order valence-corrected chi connectivity index (χ4v) is 2.67. The Morgan fingerprint density at radius 2 is 1.67 bits per heavy atom. The van der Waals surface area contributed by atoms with Crippen LogP contribution in [0.1, 0.15) is 28.8 Å². The van der Waals surface area contributed by atoms with Crippen molar-refractivity contribution in [3.63, 3.8) is 0 Å². The topological polar surface area (TPSA) is 67.4 Å². The Hall–Kier alpha value is -2.66. The average Bonchev–Trinajstić information content (AvgIpc) is 3.11. The van der Waals surface area contributed by atoms with Gasteiger partial charge in [0, 0.05) is 23.5 Å². The van der Waals surface area contributed by atoms with Gasteiger partial charge in [0.15, 0.2) is 0 Å². The van der Waals surface area contributed by atoms with Gasteiger partial charge in [0.1, 0.15) is 6.10 Å². The van der Waals surface area contributed by atoms with E-state index in [2.05, 4.69) is 10.6 Å². The van der Waals surface area contributed by atoms with Crippen molar-refractivity contribution in [1.82, 2.24) is 0 Å². The van der Waals surface area contributed by atoms with E-state index in [1.807, 2.05) is 25.1 Å². The molecule has 24 heavy (non-hydrogen) atoms. The number of nitrogens with one attached hydrogen (secondary N) is 2. The Kier molecular flexibility index (Phi) is 4.91. The van der Waals surface area contributed by atoms with Crippen molar-refractivity contribution in [3.05, 3.63) is 59.7 Å².